The molecule has 1 aliphatic rings. The molecule has 0 unspecified atom stereocenters. The number of fused-ring (bicyclic) bond motifs is 2. The SMILES string of the molecule is O=c1[nH]c2cc3c(cc2cc1CN(Cc1cccnc1)Cc1nnnn1CCc1ccccc1)OCCO3. The number of hydrogen-bond donors (Lipinski definition) is 1. The summed E-state index contributed by atoms with van der Waals surface area (Å²) in [6.07, 6.45) is 4.40. The molecule has 38 heavy (non-hydrogen) atoms. The lowest BCUT2D eigenvalue weighted by Crippen LogP contribution is -2.28. The van der Waals surface area contributed by atoms with Gasteiger partial charge in [0.25, 0.3) is 5.56 Å². The largest absolute Gasteiger partial charge is 0.486 e. The van der Waals surface area contributed by atoms with E-state index in [0.717, 1.165) is 23.2 Å². The molecular weight excluding hydrogens is 482 g/mol. The molecule has 6 rings (SSSR count). The van der Waals surface area contributed by atoms with Crippen LogP contribution in [0.1, 0.15) is 22.5 Å². The molecule has 0 aliphatic carbocycles. The molecule has 0 amide bonds. The zero-order chi connectivity index (χ0) is 25.7. The number of ether oxygens (including phenoxy) is 2. The van der Waals surface area contributed by atoms with Crippen molar-refractivity contribution in [3.63, 3.8) is 0 Å². The minimum Gasteiger partial charge on any atom is -0.486 e. The first kappa shape index (κ1) is 23.8. The molecule has 2 aromatic carbocycles. The number of rotatable bonds is 9. The number of nitrogens with zero attached hydrogens (tertiary/aromatic N) is 6. The van der Waals surface area contributed by atoms with Crippen molar-refractivity contribution >= 4 is 10.9 Å². The quantitative estimate of drug-likeness (QED) is 0.323. The molecular formula is C28H27N7O3. The van der Waals surface area contributed by atoms with Gasteiger partial charge in [-0.3, -0.25) is 14.7 Å². The zero-order valence-electron chi connectivity index (χ0n) is 20.8. The summed E-state index contributed by atoms with van der Waals surface area (Å²) in [6.45, 7) is 3.12. The molecule has 1 N–H and O–H groups in total. The molecule has 4 heterocycles. The fraction of sp³-hybridized carbons (Fsp3) is 0.250. The first-order valence-corrected chi connectivity index (χ1v) is 12.6. The van der Waals surface area contributed by atoms with E-state index in [1.165, 1.54) is 5.56 Å². The van der Waals surface area contributed by atoms with Crippen molar-refractivity contribution in [1.29, 1.82) is 0 Å². The Morgan fingerprint density at radius 2 is 1.74 bits per heavy atom. The predicted octanol–water partition coefficient (Wildman–Crippen LogP) is 3.13. The molecule has 0 fully saturated rings. The normalized spacial score (nSPS) is 12.8. The minimum absolute atomic E-state index is 0.144. The Kier molecular flexibility index (Phi) is 6.77. The highest BCUT2D eigenvalue weighted by molar-refractivity contribution is 5.83. The fourth-order valence-corrected chi connectivity index (χ4v) is 4.65. The second kappa shape index (κ2) is 10.8. The number of aryl methyl sites for hydroxylation is 2. The lowest BCUT2D eigenvalue weighted by Gasteiger charge is -2.22. The molecule has 3 aromatic heterocycles. The summed E-state index contributed by atoms with van der Waals surface area (Å²) in [6, 6.07) is 19.8. The van der Waals surface area contributed by atoms with Gasteiger partial charge in [0.05, 0.1) is 12.1 Å². The van der Waals surface area contributed by atoms with Crippen molar-refractivity contribution in [2.45, 2.75) is 32.6 Å². The first-order valence-electron chi connectivity index (χ1n) is 12.6. The highest BCUT2D eigenvalue weighted by atomic mass is 16.6. The summed E-state index contributed by atoms with van der Waals surface area (Å²) in [5.74, 6) is 2.07. The van der Waals surface area contributed by atoms with Crippen LogP contribution in [-0.4, -0.2) is 48.3 Å². The van der Waals surface area contributed by atoms with Crippen LogP contribution in [0.2, 0.25) is 0 Å². The van der Waals surface area contributed by atoms with Gasteiger partial charge in [0.2, 0.25) is 0 Å². The number of benzene rings is 2. The van der Waals surface area contributed by atoms with Gasteiger partial charge < -0.3 is 14.5 Å². The molecule has 0 spiro atoms. The van der Waals surface area contributed by atoms with Crippen LogP contribution < -0.4 is 15.0 Å². The summed E-state index contributed by atoms with van der Waals surface area (Å²) in [5.41, 5.74) is 3.47. The Morgan fingerprint density at radius 1 is 0.921 bits per heavy atom. The topological polar surface area (TPSA) is 111 Å². The van der Waals surface area contributed by atoms with Crippen LogP contribution in [0, 0.1) is 0 Å². The van der Waals surface area contributed by atoms with E-state index in [1.54, 1.807) is 6.20 Å². The van der Waals surface area contributed by atoms with Gasteiger partial charge in [-0.05, 0) is 46.2 Å². The number of nitrogens with one attached hydrogen (secondary N) is 1. The van der Waals surface area contributed by atoms with Crippen molar-refractivity contribution in [1.82, 2.24) is 35.1 Å². The van der Waals surface area contributed by atoms with E-state index in [2.05, 4.69) is 42.5 Å². The monoisotopic (exact) mass is 509 g/mol. The molecule has 5 aromatic rings. The van der Waals surface area contributed by atoms with Gasteiger partial charge in [0.15, 0.2) is 17.3 Å². The average Bonchev–Trinajstić information content (AvgIpc) is 3.39. The van der Waals surface area contributed by atoms with E-state index in [0.29, 0.717) is 62.0 Å². The van der Waals surface area contributed by atoms with Gasteiger partial charge in [-0.25, -0.2) is 4.68 Å². The van der Waals surface area contributed by atoms with Crippen molar-refractivity contribution < 1.29 is 9.47 Å². The third-order valence-electron chi connectivity index (χ3n) is 6.53. The van der Waals surface area contributed by atoms with E-state index < -0.39 is 0 Å². The van der Waals surface area contributed by atoms with Gasteiger partial charge in [0, 0.05) is 49.0 Å². The molecule has 192 valence electrons. The van der Waals surface area contributed by atoms with Gasteiger partial charge in [-0.15, -0.1) is 5.10 Å². The predicted molar refractivity (Wildman–Crippen MR) is 141 cm³/mol. The number of pyridine rings is 2. The molecule has 0 bridgehead atoms. The smallest absolute Gasteiger partial charge is 0.252 e. The van der Waals surface area contributed by atoms with E-state index in [9.17, 15) is 4.79 Å². The third kappa shape index (κ3) is 5.40. The number of tetrazole rings is 1. The van der Waals surface area contributed by atoms with Crippen molar-refractivity contribution in [3.8, 4) is 11.5 Å². The molecule has 0 saturated carbocycles. The van der Waals surface area contributed by atoms with Crippen molar-refractivity contribution in [2.24, 2.45) is 0 Å². The Balaban J connectivity index is 1.26. The lowest BCUT2D eigenvalue weighted by atomic mass is 10.1. The zero-order valence-corrected chi connectivity index (χ0v) is 20.8. The Bertz CT molecular complexity index is 1590. The van der Waals surface area contributed by atoms with Crippen LogP contribution in [0.3, 0.4) is 0 Å². The maximum Gasteiger partial charge on any atom is 0.252 e. The van der Waals surface area contributed by atoms with Gasteiger partial charge >= 0.3 is 0 Å². The van der Waals surface area contributed by atoms with Gasteiger partial charge in [0.1, 0.15) is 13.2 Å². The van der Waals surface area contributed by atoms with E-state index >= 15 is 0 Å². The summed E-state index contributed by atoms with van der Waals surface area (Å²) in [7, 11) is 0. The van der Waals surface area contributed by atoms with Crippen LogP contribution in [0.25, 0.3) is 10.9 Å². The van der Waals surface area contributed by atoms with E-state index in [4.69, 9.17) is 9.47 Å². The summed E-state index contributed by atoms with van der Waals surface area (Å²) in [4.78, 5) is 22.5. The molecule has 10 nitrogen and oxygen atoms in total. The highest BCUT2D eigenvalue weighted by Gasteiger charge is 2.18. The van der Waals surface area contributed by atoms with Crippen molar-refractivity contribution in [2.75, 3.05) is 13.2 Å². The maximum absolute atomic E-state index is 13.1. The Labute approximate surface area is 218 Å². The molecule has 10 heteroatoms. The Morgan fingerprint density at radius 3 is 2.55 bits per heavy atom. The van der Waals surface area contributed by atoms with Crippen molar-refractivity contribution in [3.05, 3.63) is 106 Å². The summed E-state index contributed by atoms with van der Waals surface area (Å²) in [5, 5.41) is 13.3. The molecule has 0 atom stereocenters. The van der Waals surface area contributed by atoms with Gasteiger partial charge in [-0.2, -0.15) is 0 Å². The Hall–Kier alpha value is -4.57. The summed E-state index contributed by atoms with van der Waals surface area (Å²) >= 11 is 0. The van der Waals surface area contributed by atoms with Crippen LogP contribution >= 0.6 is 0 Å². The molecule has 1 aliphatic heterocycles. The summed E-state index contributed by atoms with van der Waals surface area (Å²) < 4.78 is 13.2. The standard InChI is InChI=1S/C28H27N7O3/c36-28-23(13-22-14-25-26(15-24(22)30-28)38-12-11-37-25)18-34(17-21-7-4-9-29-16-21)19-27-31-32-33-35(27)10-8-20-5-2-1-3-6-20/h1-7,9,13-16H,8,10-12,17-19H2,(H,30,36). The fourth-order valence-electron chi connectivity index (χ4n) is 4.65. The van der Waals surface area contributed by atoms with Gasteiger partial charge in [-0.1, -0.05) is 36.4 Å². The second-order valence-corrected chi connectivity index (χ2v) is 9.27. The number of aromatic nitrogens is 6. The number of hydrogen-bond acceptors (Lipinski definition) is 8. The third-order valence-corrected chi connectivity index (χ3v) is 6.53. The number of aromatic amines is 1. The first-order chi connectivity index (χ1) is 18.7. The van der Waals surface area contributed by atoms with Crippen LogP contribution in [0.4, 0.5) is 0 Å². The van der Waals surface area contributed by atoms with Crippen LogP contribution in [0.15, 0.2) is 77.9 Å². The number of H-pyrrole nitrogens is 1. The second-order valence-electron chi connectivity index (χ2n) is 9.27. The highest BCUT2D eigenvalue weighted by Crippen LogP contribution is 2.33. The lowest BCUT2D eigenvalue weighted by molar-refractivity contribution is 0.172. The van der Waals surface area contributed by atoms with E-state index in [1.807, 2.05) is 59.4 Å². The van der Waals surface area contributed by atoms with Crippen LogP contribution in [0.5, 0.6) is 11.5 Å². The maximum atomic E-state index is 13.1. The van der Waals surface area contributed by atoms with E-state index in [-0.39, 0.29) is 5.56 Å². The van der Waals surface area contributed by atoms with Crippen LogP contribution in [-0.2, 0) is 32.6 Å². The average molecular weight is 510 g/mol. The molecule has 0 saturated heterocycles. The molecule has 0 radical (unpaired) electrons. The minimum atomic E-state index is -0.144.